The van der Waals surface area contributed by atoms with Crippen molar-refractivity contribution in [3.8, 4) is 5.75 Å². The van der Waals surface area contributed by atoms with Crippen LogP contribution >= 0.6 is 0 Å². The molecule has 1 aromatic rings. The van der Waals surface area contributed by atoms with Crippen LogP contribution in [0.15, 0.2) is 24.3 Å². The number of esters is 1. The third-order valence-electron chi connectivity index (χ3n) is 1.75. The Morgan fingerprint density at radius 3 is 2.38 bits per heavy atom. The first kappa shape index (κ1) is 12.0. The number of ether oxygens (including phenoxy) is 2. The van der Waals surface area contributed by atoms with Crippen molar-refractivity contribution in [2.24, 2.45) is 5.73 Å². The fraction of sp³-hybridized carbons (Fsp3) is 0.273. The summed E-state index contributed by atoms with van der Waals surface area (Å²) < 4.78 is 9.85. The molecule has 0 aliphatic rings. The molecule has 0 aliphatic carbocycles. The Bertz CT molecular complexity index is 372. The molecule has 0 saturated heterocycles. The molecule has 0 aromatic heterocycles. The van der Waals surface area contributed by atoms with E-state index >= 15 is 0 Å². The second-order valence-corrected chi connectivity index (χ2v) is 3.00. The third-order valence-corrected chi connectivity index (χ3v) is 1.75. The zero-order valence-electron chi connectivity index (χ0n) is 8.93. The zero-order valence-corrected chi connectivity index (χ0v) is 8.93. The molecule has 5 nitrogen and oxygen atoms in total. The molecular weight excluding hydrogens is 210 g/mol. The second-order valence-electron chi connectivity index (χ2n) is 3.00. The molecule has 0 saturated carbocycles. The monoisotopic (exact) mass is 223 g/mol. The van der Waals surface area contributed by atoms with Gasteiger partial charge in [0.25, 0.3) is 5.91 Å². The minimum absolute atomic E-state index is 0.352. The standard InChI is InChI=1S/C11H13NO4/c1-2-15-9-5-3-8(4-6-9)11(14)16-7-10(12)13/h3-6H,2,7H2,1H3,(H2,12,13). The minimum atomic E-state index is -0.681. The summed E-state index contributed by atoms with van der Waals surface area (Å²) in [5.74, 6) is -0.588. The summed E-state index contributed by atoms with van der Waals surface area (Å²) in [7, 11) is 0. The predicted octanol–water partition coefficient (Wildman–Crippen LogP) is 0.727. The van der Waals surface area contributed by atoms with Gasteiger partial charge in [0, 0.05) is 0 Å². The van der Waals surface area contributed by atoms with Crippen LogP contribution < -0.4 is 10.5 Å². The highest BCUT2D eigenvalue weighted by Gasteiger charge is 2.08. The Labute approximate surface area is 93.1 Å². The summed E-state index contributed by atoms with van der Waals surface area (Å²) in [6.07, 6.45) is 0. The Hall–Kier alpha value is -2.04. The Morgan fingerprint density at radius 1 is 1.25 bits per heavy atom. The van der Waals surface area contributed by atoms with Crippen LogP contribution in [0.25, 0.3) is 0 Å². The molecule has 1 aromatic carbocycles. The van der Waals surface area contributed by atoms with Crippen molar-refractivity contribution >= 4 is 11.9 Å². The summed E-state index contributed by atoms with van der Waals surface area (Å²) in [6, 6.07) is 6.44. The van der Waals surface area contributed by atoms with Crippen LogP contribution in [0.5, 0.6) is 5.75 Å². The smallest absolute Gasteiger partial charge is 0.338 e. The van der Waals surface area contributed by atoms with Gasteiger partial charge in [0.1, 0.15) is 5.75 Å². The van der Waals surface area contributed by atoms with E-state index in [-0.39, 0.29) is 0 Å². The van der Waals surface area contributed by atoms with Crippen LogP contribution in [0.4, 0.5) is 0 Å². The van der Waals surface area contributed by atoms with Gasteiger partial charge in [-0.3, -0.25) is 4.79 Å². The molecule has 0 aliphatic heterocycles. The fourth-order valence-corrected chi connectivity index (χ4v) is 1.07. The lowest BCUT2D eigenvalue weighted by molar-refractivity contribution is -0.121. The van der Waals surface area contributed by atoms with Gasteiger partial charge in [0.05, 0.1) is 12.2 Å². The molecule has 0 bridgehead atoms. The normalized spacial score (nSPS) is 9.56. The van der Waals surface area contributed by atoms with Crippen molar-refractivity contribution in [1.82, 2.24) is 0 Å². The first-order valence-electron chi connectivity index (χ1n) is 4.81. The maximum absolute atomic E-state index is 11.3. The molecule has 86 valence electrons. The summed E-state index contributed by atoms with van der Waals surface area (Å²) in [5, 5.41) is 0. The Balaban J connectivity index is 2.59. The second kappa shape index (κ2) is 5.75. The van der Waals surface area contributed by atoms with Crippen molar-refractivity contribution in [3.63, 3.8) is 0 Å². The van der Waals surface area contributed by atoms with Gasteiger partial charge in [-0.25, -0.2) is 4.79 Å². The van der Waals surface area contributed by atoms with Crippen molar-refractivity contribution in [2.45, 2.75) is 6.92 Å². The average Bonchev–Trinajstić information content (AvgIpc) is 2.27. The van der Waals surface area contributed by atoms with Gasteiger partial charge < -0.3 is 15.2 Å². The average molecular weight is 223 g/mol. The third kappa shape index (κ3) is 3.61. The van der Waals surface area contributed by atoms with Crippen LogP contribution in [0, 0.1) is 0 Å². The van der Waals surface area contributed by atoms with Crippen molar-refractivity contribution < 1.29 is 19.1 Å². The van der Waals surface area contributed by atoms with Crippen molar-refractivity contribution in [1.29, 1.82) is 0 Å². The lowest BCUT2D eigenvalue weighted by atomic mass is 10.2. The van der Waals surface area contributed by atoms with Crippen molar-refractivity contribution in [3.05, 3.63) is 29.8 Å². The summed E-state index contributed by atoms with van der Waals surface area (Å²) >= 11 is 0. The van der Waals surface area contributed by atoms with Gasteiger partial charge in [-0.2, -0.15) is 0 Å². The van der Waals surface area contributed by atoms with Gasteiger partial charge in [0.15, 0.2) is 6.61 Å². The molecule has 0 spiro atoms. The number of hydrogen-bond donors (Lipinski definition) is 1. The largest absolute Gasteiger partial charge is 0.494 e. The fourth-order valence-electron chi connectivity index (χ4n) is 1.07. The number of benzene rings is 1. The minimum Gasteiger partial charge on any atom is -0.494 e. The van der Waals surface area contributed by atoms with E-state index < -0.39 is 18.5 Å². The number of carbonyl (C=O) groups excluding carboxylic acids is 2. The molecule has 0 atom stereocenters. The first-order valence-corrected chi connectivity index (χ1v) is 4.81. The topological polar surface area (TPSA) is 78.6 Å². The van der Waals surface area contributed by atoms with E-state index in [0.717, 1.165) is 0 Å². The molecule has 0 radical (unpaired) electrons. The molecule has 0 fully saturated rings. The molecule has 0 heterocycles. The van der Waals surface area contributed by atoms with E-state index in [1.807, 2.05) is 6.92 Å². The molecule has 5 heteroatoms. The number of amides is 1. The van der Waals surface area contributed by atoms with Gasteiger partial charge >= 0.3 is 5.97 Å². The van der Waals surface area contributed by atoms with Crippen LogP contribution in [0.3, 0.4) is 0 Å². The van der Waals surface area contributed by atoms with Crippen LogP contribution in [-0.2, 0) is 9.53 Å². The highest BCUT2D eigenvalue weighted by Crippen LogP contribution is 2.12. The van der Waals surface area contributed by atoms with Gasteiger partial charge in [-0.15, -0.1) is 0 Å². The van der Waals surface area contributed by atoms with Crippen LogP contribution in [-0.4, -0.2) is 25.1 Å². The number of nitrogens with two attached hydrogens (primary N) is 1. The molecule has 1 amide bonds. The van der Waals surface area contributed by atoms with E-state index in [9.17, 15) is 9.59 Å². The Morgan fingerprint density at radius 2 is 1.88 bits per heavy atom. The number of primary amides is 1. The van der Waals surface area contributed by atoms with Gasteiger partial charge in [0.2, 0.25) is 0 Å². The quantitative estimate of drug-likeness (QED) is 0.746. The van der Waals surface area contributed by atoms with Gasteiger partial charge in [-0.1, -0.05) is 0 Å². The molecule has 1 rings (SSSR count). The highest BCUT2D eigenvalue weighted by atomic mass is 16.5. The predicted molar refractivity (Wildman–Crippen MR) is 57.1 cm³/mol. The number of rotatable bonds is 5. The summed E-state index contributed by atoms with van der Waals surface area (Å²) in [4.78, 5) is 21.7. The highest BCUT2D eigenvalue weighted by molar-refractivity contribution is 5.91. The number of carbonyl (C=O) groups is 2. The summed E-state index contributed by atoms with van der Waals surface area (Å²) in [6.45, 7) is 2.02. The molecule has 16 heavy (non-hydrogen) atoms. The molecule has 2 N–H and O–H groups in total. The molecule has 0 unspecified atom stereocenters. The maximum Gasteiger partial charge on any atom is 0.338 e. The van der Waals surface area contributed by atoms with E-state index in [1.54, 1.807) is 24.3 Å². The number of hydrogen-bond acceptors (Lipinski definition) is 4. The molecular formula is C11H13NO4. The van der Waals surface area contributed by atoms with Crippen molar-refractivity contribution in [2.75, 3.05) is 13.2 Å². The van der Waals surface area contributed by atoms with Gasteiger partial charge in [-0.05, 0) is 31.2 Å². The van der Waals surface area contributed by atoms with E-state index in [2.05, 4.69) is 4.74 Å². The summed E-state index contributed by atoms with van der Waals surface area (Å²) in [5.41, 5.74) is 5.20. The lowest BCUT2D eigenvalue weighted by Crippen LogP contribution is -2.20. The van der Waals surface area contributed by atoms with E-state index in [4.69, 9.17) is 10.5 Å². The SMILES string of the molecule is CCOc1ccc(C(=O)OCC(N)=O)cc1. The van der Waals surface area contributed by atoms with Crippen LogP contribution in [0.1, 0.15) is 17.3 Å². The zero-order chi connectivity index (χ0) is 12.0. The Kier molecular flexibility index (Phi) is 4.32. The van der Waals surface area contributed by atoms with Crippen LogP contribution in [0.2, 0.25) is 0 Å². The van der Waals surface area contributed by atoms with E-state index in [0.29, 0.717) is 17.9 Å². The first-order chi connectivity index (χ1) is 7.63. The van der Waals surface area contributed by atoms with E-state index in [1.165, 1.54) is 0 Å². The lowest BCUT2D eigenvalue weighted by Gasteiger charge is -2.04. The maximum atomic E-state index is 11.3.